The summed E-state index contributed by atoms with van der Waals surface area (Å²) < 4.78 is 43.4. The molecule has 1 atom stereocenters. The van der Waals surface area contributed by atoms with Gasteiger partial charge in [0.2, 0.25) is 5.91 Å². The maximum absolute atomic E-state index is 12.7. The molecule has 2 aliphatic rings. The number of anilines is 1. The van der Waals surface area contributed by atoms with E-state index in [1.165, 1.54) is 0 Å². The summed E-state index contributed by atoms with van der Waals surface area (Å²) in [5, 5.41) is 3.01. The molecule has 1 aromatic rings. The lowest BCUT2D eigenvalue weighted by atomic mass is 10.0. The van der Waals surface area contributed by atoms with Crippen molar-refractivity contribution < 1.29 is 22.7 Å². The number of hydrogen-bond donors (Lipinski definition) is 1. The van der Waals surface area contributed by atoms with Crippen LogP contribution in [0, 0.1) is 5.92 Å². The van der Waals surface area contributed by atoms with E-state index >= 15 is 0 Å². The number of carbonyl (C=O) groups is 1. The van der Waals surface area contributed by atoms with E-state index in [9.17, 15) is 18.0 Å². The Kier molecular flexibility index (Phi) is 4.88. The van der Waals surface area contributed by atoms with Gasteiger partial charge in [-0.2, -0.15) is 13.2 Å². The second kappa shape index (κ2) is 6.92. The Balaban J connectivity index is 1.54. The van der Waals surface area contributed by atoms with E-state index in [0.29, 0.717) is 39.1 Å². The average Bonchev–Trinajstić information content (AvgIpc) is 3.09. The van der Waals surface area contributed by atoms with E-state index in [1.807, 2.05) is 0 Å². The molecule has 1 unspecified atom stereocenters. The van der Waals surface area contributed by atoms with E-state index < -0.39 is 11.9 Å². The largest absolute Gasteiger partial charge is 0.433 e. The predicted octanol–water partition coefficient (Wildman–Crippen LogP) is 1.62. The first kappa shape index (κ1) is 16.9. The molecule has 9 heteroatoms. The second-order valence-electron chi connectivity index (χ2n) is 6.09. The van der Waals surface area contributed by atoms with E-state index in [-0.39, 0.29) is 23.7 Å². The van der Waals surface area contributed by atoms with Gasteiger partial charge in [-0.05, 0) is 19.3 Å². The number of alkyl halides is 3. The molecule has 3 heterocycles. The third-order valence-corrected chi connectivity index (χ3v) is 4.41. The van der Waals surface area contributed by atoms with Crippen molar-refractivity contribution in [2.75, 3.05) is 31.2 Å². The zero-order valence-electron chi connectivity index (χ0n) is 13.1. The highest BCUT2D eigenvalue weighted by Crippen LogP contribution is 2.29. The van der Waals surface area contributed by atoms with Crippen LogP contribution in [0.5, 0.6) is 0 Å². The van der Waals surface area contributed by atoms with Crippen molar-refractivity contribution in [3.63, 3.8) is 0 Å². The van der Waals surface area contributed by atoms with Gasteiger partial charge in [-0.15, -0.1) is 0 Å². The molecule has 0 saturated carbocycles. The second-order valence-corrected chi connectivity index (χ2v) is 6.09. The molecule has 0 bridgehead atoms. The minimum Gasteiger partial charge on any atom is -0.381 e. The third-order valence-electron chi connectivity index (χ3n) is 4.41. The molecule has 0 aromatic carbocycles. The quantitative estimate of drug-likeness (QED) is 0.902. The lowest BCUT2D eigenvalue weighted by molar-refractivity contribution is -0.141. The molecule has 0 spiro atoms. The van der Waals surface area contributed by atoms with Gasteiger partial charge in [0.25, 0.3) is 0 Å². The van der Waals surface area contributed by atoms with Crippen molar-refractivity contribution in [1.82, 2.24) is 15.3 Å². The van der Waals surface area contributed by atoms with Crippen molar-refractivity contribution >= 4 is 11.7 Å². The summed E-state index contributed by atoms with van der Waals surface area (Å²) in [5.41, 5.74) is -0.941. The molecule has 132 valence electrons. The Bertz CT molecular complexity index is 582. The molecule has 3 rings (SSSR count). The van der Waals surface area contributed by atoms with Crippen LogP contribution in [0.25, 0.3) is 0 Å². The van der Waals surface area contributed by atoms with Crippen molar-refractivity contribution in [3.8, 4) is 0 Å². The first-order valence-corrected chi connectivity index (χ1v) is 7.96. The molecule has 1 N–H and O–H groups in total. The smallest absolute Gasteiger partial charge is 0.381 e. The molecule has 2 fully saturated rings. The maximum Gasteiger partial charge on any atom is 0.433 e. The zero-order valence-corrected chi connectivity index (χ0v) is 13.1. The van der Waals surface area contributed by atoms with Crippen LogP contribution in [-0.4, -0.2) is 48.2 Å². The van der Waals surface area contributed by atoms with Gasteiger partial charge in [-0.1, -0.05) is 0 Å². The van der Waals surface area contributed by atoms with Crippen LogP contribution >= 0.6 is 0 Å². The van der Waals surface area contributed by atoms with Crippen molar-refractivity contribution in [2.24, 2.45) is 5.92 Å². The summed E-state index contributed by atoms with van der Waals surface area (Å²) in [6, 6.07) is 1.01. The van der Waals surface area contributed by atoms with Gasteiger partial charge in [-0.3, -0.25) is 4.79 Å². The van der Waals surface area contributed by atoms with Crippen LogP contribution in [-0.2, 0) is 15.7 Å². The Morgan fingerprint density at radius 3 is 2.62 bits per heavy atom. The van der Waals surface area contributed by atoms with Gasteiger partial charge >= 0.3 is 6.18 Å². The first-order chi connectivity index (χ1) is 11.4. The monoisotopic (exact) mass is 344 g/mol. The molecule has 2 aliphatic heterocycles. The molecular weight excluding hydrogens is 325 g/mol. The minimum absolute atomic E-state index is 0.00680. The number of amides is 1. The summed E-state index contributed by atoms with van der Waals surface area (Å²) >= 11 is 0. The van der Waals surface area contributed by atoms with E-state index in [1.54, 1.807) is 4.90 Å². The fourth-order valence-electron chi connectivity index (χ4n) is 2.99. The molecule has 1 amide bonds. The SMILES string of the molecule is O=C(NC1CCN(c2cc(C(F)(F)F)ncn2)CC1)C1CCOC1. The summed E-state index contributed by atoms with van der Waals surface area (Å²) in [7, 11) is 0. The van der Waals surface area contributed by atoms with Crippen LogP contribution in [0.1, 0.15) is 25.0 Å². The fraction of sp³-hybridized carbons (Fsp3) is 0.667. The number of aromatic nitrogens is 2. The average molecular weight is 344 g/mol. The summed E-state index contributed by atoms with van der Waals surface area (Å²) in [6.45, 7) is 2.17. The number of nitrogens with one attached hydrogen (secondary N) is 1. The van der Waals surface area contributed by atoms with E-state index in [0.717, 1.165) is 18.8 Å². The van der Waals surface area contributed by atoms with Gasteiger partial charge in [-0.25, -0.2) is 9.97 Å². The number of nitrogens with zero attached hydrogens (tertiary/aromatic N) is 3. The van der Waals surface area contributed by atoms with Crippen molar-refractivity contribution in [3.05, 3.63) is 18.1 Å². The Morgan fingerprint density at radius 2 is 2.00 bits per heavy atom. The van der Waals surface area contributed by atoms with Crippen LogP contribution in [0.4, 0.5) is 19.0 Å². The van der Waals surface area contributed by atoms with Crippen LogP contribution in [0.2, 0.25) is 0 Å². The number of rotatable bonds is 3. The highest BCUT2D eigenvalue weighted by molar-refractivity contribution is 5.79. The zero-order chi connectivity index (χ0) is 17.2. The van der Waals surface area contributed by atoms with Gasteiger partial charge in [0.1, 0.15) is 17.8 Å². The predicted molar refractivity (Wildman–Crippen MR) is 79.3 cm³/mol. The number of ether oxygens (including phenoxy) is 1. The number of carbonyl (C=O) groups excluding carboxylic acids is 1. The van der Waals surface area contributed by atoms with Gasteiger partial charge < -0.3 is 15.0 Å². The van der Waals surface area contributed by atoms with E-state index in [2.05, 4.69) is 15.3 Å². The van der Waals surface area contributed by atoms with Gasteiger partial charge in [0, 0.05) is 31.8 Å². The third kappa shape index (κ3) is 3.95. The standard InChI is InChI=1S/C15H19F3N4O2/c16-15(17,18)12-7-13(20-9-19-12)22-4-1-11(2-5-22)21-14(23)10-3-6-24-8-10/h7,9-11H,1-6,8H2,(H,21,23). The molecule has 6 nitrogen and oxygen atoms in total. The molecule has 1 aromatic heterocycles. The topological polar surface area (TPSA) is 67.4 Å². The van der Waals surface area contributed by atoms with Crippen molar-refractivity contribution in [2.45, 2.75) is 31.5 Å². The van der Waals surface area contributed by atoms with E-state index in [4.69, 9.17) is 4.74 Å². The fourth-order valence-corrected chi connectivity index (χ4v) is 2.99. The number of halogens is 3. The van der Waals surface area contributed by atoms with Crippen molar-refractivity contribution in [1.29, 1.82) is 0 Å². The summed E-state index contributed by atoms with van der Waals surface area (Å²) in [6.07, 6.45) is -1.46. The number of piperidine rings is 1. The Hall–Kier alpha value is -1.90. The molecule has 0 aliphatic carbocycles. The maximum atomic E-state index is 12.7. The Labute approximate surface area is 137 Å². The minimum atomic E-state index is -4.48. The normalized spacial score (nSPS) is 22.6. The molecular formula is C15H19F3N4O2. The highest BCUT2D eigenvalue weighted by Gasteiger charge is 2.34. The Morgan fingerprint density at radius 1 is 1.25 bits per heavy atom. The van der Waals surface area contributed by atoms with Crippen LogP contribution in [0.3, 0.4) is 0 Å². The summed E-state index contributed by atoms with van der Waals surface area (Å²) in [4.78, 5) is 21.1. The lowest BCUT2D eigenvalue weighted by Gasteiger charge is -2.33. The summed E-state index contributed by atoms with van der Waals surface area (Å²) in [5.74, 6) is 0.192. The highest BCUT2D eigenvalue weighted by atomic mass is 19.4. The lowest BCUT2D eigenvalue weighted by Crippen LogP contribution is -2.46. The van der Waals surface area contributed by atoms with Gasteiger partial charge in [0.15, 0.2) is 0 Å². The molecule has 2 saturated heterocycles. The van der Waals surface area contributed by atoms with Crippen LogP contribution < -0.4 is 10.2 Å². The first-order valence-electron chi connectivity index (χ1n) is 7.96. The van der Waals surface area contributed by atoms with Gasteiger partial charge in [0.05, 0.1) is 12.5 Å². The number of hydrogen-bond acceptors (Lipinski definition) is 5. The molecule has 0 radical (unpaired) electrons. The van der Waals surface area contributed by atoms with Crippen LogP contribution in [0.15, 0.2) is 12.4 Å². The molecule has 24 heavy (non-hydrogen) atoms.